The molecular weight excluding hydrogens is 354 g/mol. The van der Waals surface area contributed by atoms with Gasteiger partial charge in [-0.3, -0.25) is 4.79 Å². The molecule has 1 N–H and O–H groups in total. The monoisotopic (exact) mass is 383 g/mol. The number of carbonyl (C=O) groups excluding carboxylic acids is 1. The van der Waals surface area contributed by atoms with Gasteiger partial charge in [-0.2, -0.15) is 5.10 Å². The smallest absolute Gasteiger partial charge is 0.230 e. The van der Waals surface area contributed by atoms with Crippen molar-refractivity contribution in [3.63, 3.8) is 0 Å². The highest BCUT2D eigenvalue weighted by molar-refractivity contribution is 5.95. The number of carbonyl (C=O) groups is 1. The van der Waals surface area contributed by atoms with Crippen molar-refractivity contribution < 1.29 is 13.9 Å². The second-order valence-electron chi connectivity index (χ2n) is 9.10. The Morgan fingerprint density at radius 3 is 2.50 bits per heavy atom. The summed E-state index contributed by atoms with van der Waals surface area (Å²) in [6.07, 6.45) is 1.85. The van der Waals surface area contributed by atoms with Gasteiger partial charge >= 0.3 is 0 Å². The predicted molar refractivity (Wildman–Crippen MR) is 111 cm³/mol. The molecule has 0 unspecified atom stereocenters. The number of anilines is 1. The zero-order valence-corrected chi connectivity index (χ0v) is 17.7. The molecule has 6 nitrogen and oxygen atoms in total. The summed E-state index contributed by atoms with van der Waals surface area (Å²) in [7, 11) is 1.61. The fraction of sp³-hybridized carbons (Fsp3) is 0.455. The van der Waals surface area contributed by atoms with E-state index in [1.165, 1.54) is 0 Å². The first-order chi connectivity index (χ1) is 13.0. The first-order valence-electron chi connectivity index (χ1n) is 9.44. The van der Waals surface area contributed by atoms with E-state index in [4.69, 9.17) is 14.3 Å². The number of nitrogens with one attached hydrogen (secondary N) is 1. The van der Waals surface area contributed by atoms with Crippen molar-refractivity contribution in [2.45, 2.75) is 58.9 Å². The van der Waals surface area contributed by atoms with Crippen LogP contribution in [0.25, 0.3) is 11.0 Å². The summed E-state index contributed by atoms with van der Waals surface area (Å²) in [5, 5.41) is 8.68. The zero-order valence-electron chi connectivity index (χ0n) is 17.7. The molecular formula is C22H29N3O3. The van der Waals surface area contributed by atoms with Gasteiger partial charge in [0.2, 0.25) is 5.91 Å². The molecule has 150 valence electrons. The largest absolute Gasteiger partial charge is 0.497 e. The molecule has 0 spiro atoms. The number of nitrogens with zero attached hydrogens (tertiary/aromatic N) is 2. The summed E-state index contributed by atoms with van der Waals surface area (Å²) < 4.78 is 12.7. The van der Waals surface area contributed by atoms with Gasteiger partial charge in [0.15, 0.2) is 0 Å². The highest BCUT2D eigenvalue weighted by Crippen LogP contribution is 2.29. The molecule has 3 rings (SSSR count). The van der Waals surface area contributed by atoms with Crippen LogP contribution in [0.15, 0.2) is 34.9 Å². The van der Waals surface area contributed by atoms with E-state index in [1.54, 1.807) is 13.4 Å². The third-order valence-corrected chi connectivity index (χ3v) is 4.59. The normalized spacial score (nSPS) is 12.4. The molecule has 1 aromatic carbocycles. The average molecular weight is 383 g/mol. The van der Waals surface area contributed by atoms with Gasteiger partial charge in [0.25, 0.3) is 0 Å². The number of rotatable bonds is 4. The second kappa shape index (κ2) is 7.00. The summed E-state index contributed by atoms with van der Waals surface area (Å²) in [5.41, 5.74) is 2.14. The second-order valence-corrected chi connectivity index (χ2v) is 9.10. The van der Waals surface area contributed by atoms with Crippen LogP contribution in [0.1, 0.15) is 52.8 Å². The minimum atomic E-state index is -0.245. The van der Waals surface area contributed by atoms with Gasteiger partial charge in [0, 0.05) is 28.5 Å². The van der Waals surface area contributed by atoms with Crippen molar-refractivity contribution in [2.75, 3.05) is 12.4 Å². The Bertz CT molecular complexity index is 1000. The van der Waals surface area contributed by atoms with Crippen LogP contribution in [0, 0.1) is 0 Å². The van der Waals surface area contributed by atoms with Crippen molar-refractivity contribution in [3.05, 3.63) is 41.8 Å². The number of fused-ring (bicyclic) bond motifs is 1. The maximum atomic E-state index is 12.8. The van der Waals surface area contributed by atoms with Gasteiger partial charge in [-0.1, -0.05) is 20.8 Å². The van der Waals surface area contributed by atoms with Crippen molar-refractivity contribution >= 4 is 22.7 Å². The van der Waals surface area contributed by atoms with Crippen molar-refractivity contribution in [3.8, 4) is 5.75 Å². The molecule has 3 aromatic rings. The highest BCUT2D eigenvalue weighted by Gasteiger charge is 2.26. The molecule has 0 radical (unpaired) electrons. The summed E-state index contributed by atoms with van der Waals surface area (Å²) >= 11 is 0. The quantitative estimate of drug-likeness (QED) is 0.698. The maximum Gasteiger partial charge on any atom is 0.230 e. The van der Waals surface area contributed by atoms with Crippen LogP contribution in [-0.2, 0) is 22.2 Å². The van der Waals surface area contributed by atoms with E-state index in [0.29, 0.717) is 11.4 Å². The molecule has 0 fully saturated rings. The standard InChI is InChI=1S/C22H29N3O3/c1-21(2,3)18-12-19(25(24-18)22(4,5)6)23-20(26)10-14-13-28-17-11-15(27-7)8-9-16(14)17/h8-9,11-13H,10H2,1-7H3,(H,23,26). The van der Waals surface area contributed by atoms with Crippen LogP contribution in [0.2, 0.25) is 0 Å². The number of amides is 1. The number of hydrogen-bond acceptors (Lipinski definition) is 4. The average Bonchev–Trinajstić information content (AvgIpc) is 3.18. The Balaban J connectivity index is 1.84. The molecule has 28 heavy (non-hydrogen) atoms. The van der Waals surface area contributed by atoms with Gasteiger partial charge in [-0.25, -0.2) is 4.68 Å². The molecule has 6 heteroatoms. The Labute approximate surface area is 165 Å². The SMILES string of the molecule is COc1ccc2c(CC(=O)Nc3cc(C(C)(C)C)nn3C(C)(C)C)coc2c1. The molecule has 0 atom stereocenters. The van der Waals surface area contributed by atoms with Crippen LogP contribution < -0.4 is 10.1 Å². The van der Waals surface area contributed by atoms with E-state index >= 15 is 0 Å². The van der Waals surface area contributed by atoms with Gasteiger partial charge in [0.1, 0.15) is 17.2 Å². The lowest BCUT2D eigenvalue weighted by Crippen LogP contribution is -2.27. The van der Waals surface area contributed by atoms with Gasteiger partial charge in [-0.15, -0.1) is 0 Å². The Hall–Kier alpha value is -2.76. The third-order valence-electron chi connectivity index (χ3n) is 4.59. The van der Waals surface area contributed by atoms with Gasteiger partial charge in [0.05, 0.1) is 31.0 Å². The predicted octanol–water partition coefficient (Wildman–Crippen LogP) is 4.87. The summed E-state index contributed by atoms with van der Waals surface area (Å²) in [4.78, 5) is 12.8. The van der Waals surface area contributed by atoms with E-state index < -0.39 is 0 Å². The number of ether oxygens (including phenoxy) is 1. The highest BCUT2D eigenvalue weighted by atomic mass is 16.5. The van der Waals surface area contributed by atoms with Gasteiger partial charge in [-0.05, 0) is 32.9 Å². The van der Waals surface area contributed by atoms with E-state index in [-0.39, 0.29) is 23.3 Å². The first-order valence-corrected chi connectivity index (χ1v) is 9.44. The van der Waals surface area contributed by atoms with E-state index in [9.17, 15) is 4.79 Å². The molecule has 0 aliphatic rings. The molecule has 0 saturated carbocycles. The minimum Gasteiger partial charge on any atom is -0.497 e. The number of aromatic nitrogens is 2. The van der Waals surface area contributed by atoms with E-state index in [1.807, 2.05) is 28.9 Å². The third kappa shape index (κ3) is 4.06. The first kappa shape index (κ1) is 20.0. The molecule has 0 bridgehead atoms. The van der Waals surface area contributed by atoms with E-state index in [0.717, 1.165) is 22.4 Å². The topological polar surface area (TPSA) is 69.3 Å². The molecule has 2 heterocycles. The van der Waals surface area contributed by atoms with Crippen molar-refractivity contribution in [2.24, 2.45) is 0 Å². The summed E-state index contributed by atoms with van der Waals surface area (Å²) in [6.45, 7) is 12.5. The Morgan fingerprint density at radius 2 is 1.89 bits per heavy atom. The summed E-state index contributed by atoms with van der Waals surface area (Å²) in [5.74, 6) is 1.32. The molecule has 1 amide bonds. The Kier molecular flexibility index (Phi) is 5.00. The molecule has 0 saturated heterocycles. The van der Waals surface area contributed by atoms with Crippen molar-refractivity contribution in [1.82, 2.24) is 9.78 Å². The molecule has 2 aromatic heterocycles. The van der Waals surface area contributed by atoms with Crippen LogP contribution in [-0.4, -0.2) is 22.8 Å². The fourth-order valence-electron chi connectivity index (χ4n) is 3.04. The number of benzene rings is 1. The molecule has 0 aliphatic carbocycles. The lowest BCUT2D eigenvalue weighted by atomic mass is 9.92. The van der Waals surface area contributed by atoms with Crippen LogP contribution in [0.3, 0.4) is 0 Å². The van der Waals surface area contributed by atoms with Crippen LogP contribution >= 0.6 is 0 Å². The lowest BCUT2D eigenvalue weighted by molar-refractivity contribution is -0.115. The lowest BCUT2D eigenvalue weighted by Gasteiger charge is -2.23. The van der Waals surface area contributed by atoms with Crippen LogP contribution in [0.5, 0.6) is 5.75 Å². The zero-order chi connectivity index (χ0) is 20.7. The summed E-state index contributed by atoms with van der Waals surface area (Å²) in [6, 6.07) is 7.56. The Morgan fingerprint density at radius 1 is 1.18 bits per heavy atom. The number of furan rings is 1. The number of hydrogen-bond donors (Lipinski definition) is 1. The molecule has 0 aliphatic heterocycles. The van der Waals surface area contributed by atoms with Gasteiger partial charge < -0.3 is 14.5 Å². The number of methoxy groups -OCH3 is 1. The fourth-order valence-corrected chi connectivity index (χ4v) is 3.04. The maximum absolute atomic E-state index is 12.8. The minimum absolute atomic E-state index is 0.101. The van der Waals surface area contributed by atoms with E-state index in [2.05, 4.69) is 46.9 Å². The van der Waals surface area contributed by atoms with Crippen molar-refractivity contribution in [1.29, 1.82) is 0 Å². The van der Waals surface area contributed by atoms with Crippen LogP contribution in [0.4, 0.5) is 5.82 Å².